The average Bonchev–Trinajstić information content (AvgIpc) is 2.25. The molecule has 2 aliphatic rings. The lowest BCUT2D eigenvalue weighted by Gasteiger charge is -2.33. The Labute approximate surface area is 110 Å². The first kappa shape index (κ1) is 13.1. The van der Waals surface area contributed by atoms with Gasteiger partial charge in [0.1, 0.15) is 6.04 Å². The van der Waals surface area contributed by atoms with Crippen LogP contribution in [0.25, 0.3) is 0 Å². The highest BCUT2D eigenvalue weighted by atomic mass is 15.5. The highest BCUT2D eigenvalue weighted by Gasteiger charge is 2.27. The molecule has 0 fully saturated rings. The van der Waals surface area contributed by atoms with Gasteiger partial charge in [0.2, 0.25) is 0 Å². The lowest BCUT2D eigenvalue weighted by atomic mass is 9.88. The minimum atomic E-state index is 0.0556. The fourth-order valence-electron chi connectivity index (χ4n) is 1.84. The van der Waals surface area contributed by atoms with E-state index in [2.05, 4.69) is 64.9 Å². The number of aliphatic imine (C=N–C) groups is 1. The van der Waals surface area contributed by atoms with Crippen LogP contribution in [0.2, 0.25) is 0 Å². The normalized spacial score (nSPS) is 23.7. The molecular weight excluding hydrogens is 222 g/mol. The molecule has 0 bridgehead atoms. The fraction of sp³-hybridized carbons (Fsp3) is 0.600. The largest absolute Gasteiger partial charge is 0.261 e. The molecule has 1 unspecified atom stereocenters. The molecule has 1 atom stereocenters. The van der Waals surface area contributed by atoms with Gasteiger partial charge in [0.05, 0.1) is 11.4 Å². The molecule has 98 valence electrons. The summed E-state index contributed by atoms with van der Waals surface area (Å²) in [5.74, 6) is 0. The van der Waals surface area contributed by atoms with Gasteiger partial charge in [-0.15, -0.1) is 0 Å². The van der Waals surface area contributed by atoms with Gasteiger partial charge in [-0.2, -0.15) is 5.10 Å². The molecule has 3 nitrogen and oxygen atoms in total. The summed E-state index contributed by atoms with van der Waals surface area (Å²) in [6, 6.07) is 0.169. The summed E-state index contributed by atoms with van der Waals surface area (Å²) in [6.07, 6.45) is 8.32. The second-order valence-electron chi connectivity index (χ2n) is 7.01. The van der Waals surface area contributed by atoms with Crippen molar-refractivity contribution in [2.75, 3.05) is 0 Å². The summed E-state index contributed by atoms with van der Waals surface area (Å²) in [4.78, 5) is 4.55. The smallest absolute Gasteiger partial charge is 0.105 e. The molecule has 0 aromatic carbocycles. The van der Waals surface area contributed by atoms with E-state index in [1.807, 2.05) is 11.2 Å². The number of hydrogen-bond donors (Lipinski definition) is 0. The molecule has 0 amide bonds. The van der Waals surface area contributed by atoms with E-state index in [9.17, 15) is 0 Å². The summed E-state index contributed by atoms with van der Waals surface area (Å²) < 4.78 is 0. The van der Waals surface area contributed by atoms with Gasteiger partial charge in [-0.1, -0.05) is 47.6 Å². The molecule has 2 aliphatic heterocycles. The Morgan fingerprint density at radius 3 is 2.28 bits per heavy atom. The Kier molecular flexibility index (Phi) is 2.96. The summed E-state index contributed by atoms with van der Waals surface area (Å²) in [6.45, 7) is 13.1. The first-order valence-corrected chi connectivity index (χ1v) is 6.50. The van der Waals surface area contributed by atoms with Crippen molar-refractivity contribution in [3.8, 4) is 0 Å². The molecular formula is C15H23N3. The van der Waals surface area contributed by atoms with Crippen molar-refractivity contribution in [2.24, 2.45) is 20.9 Å². The monoisotopic (exact) mass is 245 g/mol. The van der Waals surface area contributed by atoms with Crippen molar-refractivity contribution in [3.63, 3.8) is 0 Å². The standard InChI is InChI=1S/C15H23N3/c1-14(2,3)12-8-7-11-9-16-13(15(4,5)6)10-18(11)17-12/h7-11H,1-6H3. The molecule has 3 heteroatoms. The number of nitrogens with zero attached hydrogens (tertiary/aromatic N) is 3. The van der Waals surface area contributed by atoms with E-state index in [-0.39, 0.29) is 16.9 Å². The summed E-state index contributed by atoms with van der Waals surface area (Å²) in [5.41, 5.74) is 2.32. The first-order valence-electron chi connectivity index (χ1n) is 6.50. The quantitative estimate of drug-likeness (QED) is 0.641. The maximum atomic E-state index is 4.73. The minimum absolute atomic E-state index is 0.0556. The fourth-order valence-corrected chi connectivity index (χ4v) is 1.84. The van der Waals surface area contributed by atoms with Crippen LogP contribution in [-0.2, 0) is 0 Å². The van der Waals surface area contributed by atoms with Crippen LogP contribution in [0.1, 0.15) is 41.5 Å². The second-order valence-corrected chi connectivity index (χ2v) is 7.01. The predicted octanol–water partition coefficient (Wildman–Crippen LogP) is 3.60. The van der Waals surface area contributed by atoms with Crippen molar-refractivity contribution < 1.29 is 0 Å². The third kappa shape index (κ3) is 2.55. The van der Waals surface area contributed by atoms with E-state index >= 15 is 0 Å². The Hall–Kier alpha value is -1.38. The maximum absolute atomic E-state index is 4.73. The molecule has 0 N–H and O–H groups in total. The number of rotatable bonds is 0. The molecule has 0 radical (unpaired) electrons. The van der Waals surface area contributed by atoms with Gasteiger partial charge >= 0.3 is 0 Å². The average molecular weight is 245 g/mol. The lowest BCUT2D eigenvalue weighted by molar-refractivity contribution is 0.360. The third-order valence-corrected chi connectivity index (χ3v) is 3.14. The number of fused-ring (bicyclic) bond motifs is 1. The second kappa shape index (κ2) is 4.08. The van der Waals surface area contributed by atoms with Gasteiger partial charge < -0.3 is 0 Å². The molecule has 0 saturated heterocycles. The Morgan fingerprint density at radius 2 is 1.72 bits per heavy atom. The van der Waals surface area contributed by atoms with Gasteiger partial charge in [0.15, 0.2) is 0 Å². The SMILES string of the molecule is CC(C)(C)C1=CN2N=C(C(C)(C)C)C=CC2C=N1. The topological polar surface area (TPSA) is 28.0 Å². The Balaban J connectivity index is 2.31. The highest BCUT2D eigenvalue weighted by Crippen LogP contribution is 2.31. The zero-order chi connectivity index (χ0) is 13.6. The predicted molar refractivity (Wildman–Crippen MR) is 77.7 cm³/mol. The summed E-state index contributed by atoms with van der Waals surface area (Å²) in [5, 5.41) is 6.76. The zero-order valence-corrected chi connectivity index (χ0v) is 12.2. The van der Waals surface area contributed by atoms with E-state index < -0.39 is 0 Å². The number of allylic oxidation sites excluding steroid dienone is 2. The molecule has 0 aromatic rings. The first-order chi connectivity index (χ1) is 8.18. The van der Waals surface area contributed by atoms with Crippen LogP contribution in [0.4, 0.5) is 0 Å². The van der Waals surface area contributed by atoms with E-state index in [0.29, 0.717) is 0 Å². The van der Waals surface area contributed by atoms with Crippen LogP contribution in [0, 0.1) is 10.8 Å². The van der Waals surface area contributed by atoms with Crippen LogP contribution in [0.15, 0.2) is 34.1 Å². The van der Waals surface area contributed by atoms with Crippen molar-refractivity contribution in [3.05, 3.63) is 24.0 Å². The maximum Gasteiger partial charge on any atom is 0.105 e. The Morgan fingerprint density at radius 1 is 1.06 bits per heavy atom. The van der Waals surface area contributed by atoms with Crippen LogP contribution in [-0.4, -0.2) is 23.0 Å². The summed E-state index contributed by atoms with van der Waals surface area (Å²) in [7, 11) is 0. The molecule has 0 aliphatic carbocycles. The van der Waals surface area contributed by atoms with Gasteiger partial charge in [0.25, 0.3) is 0 Å². The van der Waals surface area contributed by atoms with Crippen molar-refractivity contribution in [1.29, 1.82) is 0 Å². The van der Waals surface area contributed by atoms with Crippen LogP contribution >= 0.6 is 0 Å². The van der Waals surface area contributed by atoms with Crippen molar-refractivity contribution in [1.82, 2.24) is 5.01 Å². The van der Waals surface area contributed by atoms with Crippen LogP contribution in [0.5, 0.6) is 0 Å². The van der Waals surface area contributed by atoms with Gasteiger partial charge in [0, 0.05) is 23.2 Å². The number of hydrogen-bond acceptors (Lipinski definition) is 3. The molecule has 18 heavy (non-hydrogen) atoms. The summed E-state index contributed by atoms with van der Waals surface area (Å²) >= 11 is 0. The van der Waals surface area contributed by atoms with Gasteiger partial charge in [-0.05, 0) is 6.08 Å². The molecule has 0 saturated carbocycles. The van der Waals surface area contributed by atoms with E-state index in [1.165, 1.54) is 0 Å². The van der Waals surface area contributed by atoms with E-state index in [0.717, 1.165) is 11.4 Å². The lowest BCUT2D eigenvalue weighted by Crippen LogP contribution is -2.36. The molecule has 2 heterocycles. The third-order valence-electron chi connectivity index (χ3n) is 3.14. The Bertz CT molecular complexity index is 411. The number of hydrazone groups is 1. The van der Waals surface area contributed by atoms with Gasteiger partial charge in [-0.25, -0.2) is 0 Å². The highest BCUT2D eigenvalue weighted by molar-refractivity contribution is 6.00. The molecule has 0 aromatic heterocycles. The van der Waals surface area contributed by atoms with Crippen LogP contribution in [0.3, 0.4) is 0 Å². The minimum Gasteiger partial charge on any atom is -0.261 e. The van der Waals surface area contributed by atoms with Crippen molar-refractivity contribution >= 4 is 11.9 Å². The van der Waals surface area contributed by atoms with E-state index in [1.54, 1.807) is 0 Å². The zero-order valence-electron chi connectivity index (χ0n) is 12.2. The van der Waals surface area contributed by atoms with E-state index in [4.69, 9.17) is 5.10 Å². The molecule has 2 rings (SSSR count). The van der Waals surface area contributed by atoms with Gasteiger partial charge in [-0.3, -0.25) is 10.0 Å². The van der Waals surface area contributed by atoms with Crippen molar-refractivity contribution in [2.45, 2.75) is 47.6 Å². The molecule has 0 spiro atoms. The van der Waals surface area contributed by atoms with Crippen LogP contribution < -0.4 is 0 Å².